The number of amides is 3. The molecule has 2 aromatic rings. The molecule has 0 aliphatic heterocycles. The minimum absolute atomic E-state index is 0.00319. The lowest BCUT2D eigenvalue weighted by Gasteiger charge is -2.25. The van der Waals surface area contributed by atoms with Crippen LogP contribution in [0.1, 0.15) is 44.4 Å². The summed E-state index contributed by atoms with van der Waals surface area (Å²) in [5, 5.41) is 17.6. The third-order valence-corrected chi connectivity index (χ3v) is 6.15. The molecule has 14 nitrogen and oxygen atoms in total. The number of nitrogens with two attached hydrogens (primary N) is 3. The number of carbonyl (C=O) groups is 4. The number of guanidine groups is 1. The zero-order chi connectivity index (χ0) is 30.4. The van der Waals surface area contributed by atoms with Gasteiger partial charge >= 0.3 is 5.97 Å². The number of carbonyl (C=O) groups excluding carboxylic acids is 3. The first-order chi connectivity index (χ1) is 19.5. The van der Waals surface area contributed by atoms with Crippen molar-refractivity contribution >= 4 is 29.7 Å². The number of imidazole rings is 1. The zero-order valence-corrected chi connectivity index (χ0v) is 23.4. The first kappa shape index (κ1) is 32.8. The molecule has 0 saturated carbocycles. The Bertz CT molecular complexity index is 1150. The molecule has 0 radical (unpaired) electrons. The van der Waals surface area contributed by atoms with Crippen LogP contribution in [-0.4, -0.2) is 75.4 Å². The van der Waals surface area contributed by atoms with E-state index in [9.17, 15) is 24.3 Å². The van der Waals surface area contributed by atoms with E-state index in [1.165, 1.54) is 12.5 Å². The Morgan fingerprint density at radius 1 is 0.951 bits per heavy atom. The number of hydrogen-bond acceptors (Lipinski definition) is 7. The van der Waals surface area contributed by atoms with E-state index < -0.39 is 47.9 Å². The summed E-state index contributed by atoms with van der Waals surface area (Å²) in [4.78, 5) is 62.2. The molecule has 1 aromatic heterocycles. The van der Waals surface area contributed by atoms with Gasteiger partial charge in [0, 0.05) is 31.3 Å². The number of aliphatic carboxylic acids is 1. The minimum Gasteiger partial charge on any atom is -0.480 e. The Hall–Kier alpha value is -4.46. The molecule has 14 heteroatoms. The summed E-state index contributed by atoms with van der Waals surface area (Å²) in [5.74, 6) is -3.03. The maximum absolute atomic E-state index is 13.4. The number of carboxylic acids is 1. The largest absolute Gasteiger partial charge is 0.480 e. The number of aliphatic imine (C=N–C) groups is 1. The summed E-state index contributed by atoms with van der Waals surface area (Å²) in [7, 11) is 0. The molecule has 1 aromatic carbocycles. The average Bonchev–Trinajstić information content (AvgIpc) is 3.42. The molecule has 11 N–H and O–H groups in total. The number of aromatic nitrogens is 2. The Morgan fingerprint density at radius 2 is 1.59 bits per heavy atom. The molecule has 4 atom stereocenters. The van der Waals surface area contributed by atoms with Gasteiger partial charge in [-0.25, -0.2) is 9.78 Å². The van der Waals surface area contributed by atoms with Crippen molar-refractivity contribution in [1.29, 1.82) is 0 Å². The van der Waals surface area contributed by atoms with E-state index in [-0.39, 0.29) is 37.7 Å². The van der Waals surface area contributed by atoms with E-state index in [2.05, 4.69) is 30.9 Å². The van der Waals surface area contributed by atoms with Crippen molar-refractivity contribution in [3.8, 4) is 0 Å². The van der Waals surface area contributed by atoms with Crippen LogP contribution in [0.3, 0.4) is 0 Å². The van der Waals surface area contributed by atoms with Gasteiger partial charge in [0.25, 0.3) is 0 Å². The molecule has 0 fully saturated rings. The predicted octanol–water partition coefficient (Wildman–Crippen LogP) is -0.839. The fourth-order valence-corrected chi connectivity index (χ4v) is 4.09. The third-order valence-electron chi connectivity index (χ3n) is 6.15. The summed E-state index contributed by atoms with van der Waals surface area (Å²) in [6.07, 6.45) is 3.88. The Labute approximate surface area is 238 Å². The number of nitrogens with zero attached hydrogens (tertiary/aromatic N) is 2. The molecule has 3 amide bonds. The van der Waals surface area contributed by atoms with Gasteiger partial charge in [-0.15, -0.1) is 0 Å². The van der Waals surface area contributed by atoms with Gasteiger partial charge in [-0.1, -0.05) is 44.2 Å². The summed E-state index contributed by atoms with van der Waals surface area (Å²) < 4.78 is 0. The molecule has 0 aliphatic rings. The Morgan fingerprint density at radius 3 is 2.17 bits per heavy atom. The van der Waals surface area contributed by atoms with Gasteiger partial charge in [-0.3, -0.25) is 19.4 Å². The van der Waals surface area contributed by atoms with E-state index in [0.29, 0.717) is 18.5 Å². The van der Waals surface area contributed by atoms with Crippen LogP contribution in [0.5, 0.6) is 0 Å². The SMILES string of the molecule is CC(C)CC(N)C(=O)NC(CCCN=C(N)N)C(=O)NC(Cc1cnc[nH]1)C(=O)NC(Cc1ccccc1)C(=O)O. The van der Waals surface area contributed by atoms with E-state index in [4.69, 9.17) is 17.2 Å². The van der Waals surface area contributed by atoms with Crippen LogP contribution in [0.4, 0.5) is 0 Å². The van der Waals surface area contributed by atoms with Gasteiger partial charge in [0.2, 0.25) is 17.7 Å². The monoisotopic (exact) mass is 571 g/mol. The molecule has 4 unspecified atom stereocenters. The van der Waals surface area contributed by atoms with Crippen molar-refractivity contribution in [2.45, 2.75) is 70.1 Å². The first-order valence-corrected chi connectivity index (χ1v) is 13.4. The lowest BCUT2D eigenvalue weighted by atomic mass is 10.0. The van der Waals surface area contributed by atoms with Crippen LogP contribution in [-0.2, 0) is 32.0 Å². The van der Waals surface area contributed by atoms with Crippen molar-refractivity contribution < 1.29 is 24.3 Å². The third kappa shape index (κ3) is 12.1. The fourth-order valence-electron chi connectivity index (χ4n) is 4.09. The number of rotatable bonds is 17. The highest BCUT2D eigenvalue weighted by Crippen LogP contribution is 2.08. The second-order valence-corrected chi connectivity index (χ2v) is 10.2. The Kier molecular flexibility index (Phi) is 13.3. The molecule has 2 rings (SSSR count). The van der Waals surface area contributed by atoms with E-state index in [1.54, 1.807) is 30.3 Å². The fraction of sp³-hybridized carbons (Fsp3) is 0.481. The summed E-state index contributed by atoms with van der Waals surface area (Å²) in [6.45, 7) is 4.07. The molecular formula is C27H41N9O5. The normalized spacial score (nSPS) is 13.9. The van der Waals surface area contributed by atoms with Crippen molar-refractivity contribution in [2.24, 2.45) is 28.1 Å². The van der Waals surface area contributed by atoms with Gasteiger partial charge in [0.05, 0.1) is 12.4 Å². The van der Waals surface area contributed by atoms with Gasteiger partial charge in [0.1, 0.15) is 18.1 Å². The summed E-state index contributed by atoms with van der Waals surface area (Å²) >= 11 is 0. The van der Waals surface area contributed by atoms with Crippen molar-refractivity contribution in [1.82, 2.24) is 25.9 Å². The molecule has 41 heavy (non-hydrogen) atoms. The quantitative estimate of drug-likeness (QED) is 0.0669. The predicted molar refractivity (Wildman–Crippen MR) is 153 cm³/mol. The first-order valence-electron chi connectivity index (χ1n) is 13.4. The number of benzene rings is 1. The van der Waals surface area contributed by atoms with Gasteiger partial charge in [-0.05, 0) is 30.7 Å². The second-order valence-electron chi connectivity index (χ2n) is 10.2. The second kappa shape index (κ2) is 16.6. The highest BCUT2D eigenvalue weighted by molar-refractivity contribution is 5.94. The van der Waals surface area contributed by atoms with Crippen LogP contribution >= 0.6 is 0 Å². The number of aromatic amines is 1. The molecule has 0 saturated heterocycles. The van der Waals surface area contributed by atoms with Gasteiger partial charge in [0.15, 0.2) is 5.96 Å². The van der Waals surface area contributed by atoms with E-state index >= 15 is 0 Å². The summed E-state index contributed by atoms with van der Waals surface area (Å²) in [5.41, 5.74) is 18.0. The van der Waals surface area contributed by atoms with Crippen LogP contribution in [0, 0.1) is 5.92 Å². The number of hydrogen-bond donors (Lipinski definition) is 8. The standard InChI is InChI=1S/C27H41N9O5/c1-16(2)11-19(28)23(37)34-20(9-6-10-32-27(29)30)24(38)35-21(13-18-14-31-15-33-18)25(39)36-22(26(40)41)12-17-7-4-3-5-8-17/h3-5,7-8,14-16,19-22H,6,9-13,28H2,1-2H3,(H,31,33)(H,34,37)(H,35,38)(H,36,39)(H,40,41)(H4,29,30,32). The van der Waals surface area contributed by atoms with Crippen molar-refractivity contribution in [3.05, 3.63) is 54.1 Å². The average molecular weight is 572 g/mol. The topological polar surface area (TPSA) is 244 Å². The number of carboxylic acid groups (broad SMARTS) is 1. The number of H-pyrrole nitrogens is 1. The lowest BCUT2D eigenvalue weighted by molar-refractivity contribution is -0.142. The molecule has 224 valence electrons. The molecule has 0 spiro atoms. The molecular weight excluding hydrogens is 530 g/mol. The Balaban J connectivity index is 2.22. The van der Waals surface area contributed by atoms with Crippen LogP contribution < -0.4 is 33.2 Å². The van der Waals surface area contributed by atoms with Crippen LogP contribution in [0.2, 0.25) is 0 Å². The molecule has 0 aliphatic carbocycles. The van der Waals surface area contributed by atoms with Crippen molar-refractivity contribution in [2.75, 3.05) is 6.54 Å². The van der Waals surface area contributed by atoms with Gasteiger partial charge < -0.3 is 43.2 Å². The minimum atomic E-state index is -1.24. The summed E-state index contributed by atoms with van der Waals surface area (Å²) in [6, 6.07) is 4.55. The lowest BCUT2D eigenvalue weighted by Crippen LogP contribution is -2.58. The van der Waals surface area contributed by atoms with Crippen LogP contribution in [0.25, 0.3) is 0 Å². The maximum atomic E-state index is 13.4. The number of nitrogens with one attached hydrogen (secondary N) is 4. The highest BCUT2D eigenvalue weighted by atomic mass is 16.4. The smallest absolute Gasteiger partial charge is 0.326 e. The molecule has 0 bridgehead atoms. The van der Waals surface area contributed by atoms with Crippen LogP contribution in [0.15, 0.2) is 47.8 Å². The van der Waals surface area contributed by atoms with E-state index in [0.717, 1.165) is 5.56 Å². The highest BCUT2D eigenvalue weighted by Gasteiger charge is 2.31. The molecule has 1 heterocycles. The maximum Gasteiger partial charge on any atom is 0.326 e. The van der Waals surface area contributed by atoms with E-state index in [1.807, 2.05) is 13.8 Å². The van der Waals surface area contributed by atoms with Gasteiger partial charge in [-0.2, -0.15) is 0 Å². The van der Waals surface area contributed by atoms with Crippen molar-refractivity contribution in [3.63, 3.8) is 0 Å². The zero-order valence-electron chi connectivity index (χ0n) is 23.4.